The summed E-state index contributed by atoms with van der Waals surface area (Å²) in [4.78, 5) is 27.1. The van der Waals surface area contributed by atoms with Crippen molar-refractivity contribution in [2.75, 3.05) is 12.4 Å². The SMILES string of the molecule is COc1ccc(-n2cnc3c(sc4ncnc(Nc5ccc(C#N)cc5)c43)c2=O)cc1. The van der Waals surface area contributed by atoms with E-state index < -0.39 is 0 Å². The van der Waals surface area contributed by atoms with Crippen molar-refractivity contribution >= 4 is 43.3 Å². The van der Waals surface area contributed by atoms with Gasteiger partial charge >= 0.3 is 0 Å². The van der Waals surface area contributed by atoms with E-state index in [9.17, 15) is 4.79 Å². The van der Waals surface area contributed by atoms with Crippen LogP contribution in [0.1, 0.15) is 5.56 Å². The molecule has 0 atom stereocenters. The molecule has 0 aliphatic rings. The summed E-state index contributed by atoms with van der Waals surface area (Å²) in [5, 5.41) is 12.9. The summed E-state index contributed by atoms with van der Waals surface area (Å²) in [6.45, 7) is 0. The summed E-state index contributed by atoms with van der Waals surface area (Å²) in [5.41, 5.74) is 2.40. The first-order chi connectivity index (χ1) is 15.2. The van der Waals surface area contributed by atoms with Crippen molar-refractivity contribution in [2.45, 2.75) is 0 Å². The highest BCUT2D eigenvalue weighted by molar-refractivity contribution is 7.25. The molecular weight excluding hydrogens is 412 g/mol. The van der Waals surface area contributed by atoms with Gasteiger partial charge in [-0.15, -0.1) is 11.3 Å². The van der Waals surface area contributed by atoms with Crippen LogP contribution in [0.2, 0.25) is 0 Å². The van der Waals surface area contributed by atoms with Gasteiger partial charge in [0.05, 0.1) is 29.8 Å². The van der Waals surface area contributed by atoms with Gasteiger partial charge in [-0.1, -0.05) is 0 Å². The number of benzene rings is 2. The molecule has 0 radical (unpaired) electrons. The van der Waals surface area contributed by atoms with Crippen LogP contribution in [0.15, 0.2) is 66.0 Å². The maximum absolute atomic E-state index is 13.2. The number of anilines is 2. The molecule has 8 nitrogen and oxygen atoms in total. The molecule has 0 saturated carbocycles. The molecule has 5 rings (SSSR count). The van der Waals surface area contributed by atoms with Gasteiger partial charge in [0.1, 0.15) is 39.3 Å². The highest BCUT2D eigenvalue weighted by Crippen LogP contribution is 2.34. The number of nitrogens with one attached hydrogen (secondary N) is 1. The molecule has 1 N–H and O–H groups in total. The highest BCUT2D eigenvalue weighted by Gasteiger charge is 2.17. The summed E-state index contributed by atoms with van der Waals surface area (Å²) in [5.74, 6) is 1.26. The van der Waals surface area contributed by atoms with E-state index in [-0.39, 0.29) is 5.56 Å². The van der Waals surface area contributed by atoms with Crippen LogP contribution in [-0.2, 0) is 0 Å². The van der Waals surface area contributed by atoms with Crippen molar-refractivity contribution in [3.05, 3.63) is 77.1 Å². The predicted molar refractivity (Wildman–Crippen MR) is 119 cm³/mol. The minimum absolute atomic E-state index is 0.178. The summed E-state index contributed by atoms with van der Waals surface area (Å²) in [6.07, 6.45) is 2.96. The third-order valence-corrected chi connectivity index (χ3v) is 5.88. The lowest BCUT2D eigenvalue weighted by Gasteiger charge is -2.07. The number of hydrogen-bond donors (Lipinski definition) is 1. The minimum Gasteiger partial charge on any atom is -0.497 e. The van der Waals surface area contributed by atoms with Gasteiger partial charge in [-0.3, -0.25) is 9.36 Å². The average Bonchev–Trinajstić information content (AvgIpc) is 3.21. The van der Waals surface area contributed by atoms with E-state index in [2.05, 4.69) is 26.3 Å². The Bertz CT molecular complexity index is 1520. The monoisotopic (exact) mass is 426 g/mol. The van der Waals surface area contributed by atoms with Crippen molar-refractivity contribution in [2.24, 2.45) is 0 Å². The molecule has 3 heterocycles. The molecule has 0 bridgehead atoms. The quantitative estimate of drug-likeness (QED) is 0.463. The van der Waals surface area contributed by atoms with Crippen LogP contribution in [0.3, 0.4) is 0 Å². The van der Waals surface area contributed by atoms with Gasteiger partial charge < -0.3 is 10.1 Å². The lowest BCUT2D eigenvalue weighted by molar-refractivity contribution is 0.414. The summed E-state index contributed by atoms with van der Waals surface area (Å²) in [7, 11) is 1.59. The maximum atomic E-state index is 13.2. The zero-order valence-electron chi connectivity index (χ0n) is 16.2. The average molecular weight is 426 g/mol. The molecule has 150 valence electrons. The number of nitrogens with zero attached hydrogens (tertiary/aromatic N) is 5. The number of aromatic nitrogens is 4. The fourth-order valence-electron chi connectivity index (χ4n) is 3.25. The number of nitriles is 1. The van der Waals surface area contributed by atoms with Crippen molar-refractivity contribution < 1.29 is 4.74 Å². The Morgan fingerprint density at radius 3 is 2.55 bits per heavy atom. The van der Waals surface area contributed by atoms with Gasteiger partial charge in [-0.25, -0.2) is 15.0 Å². The van der Waals surface area contributed by atoms with Crippen molar-refractivity contribution in [3.8, 4) is 17.5 Å². The molecular formula is C22H14N6O2S. The van der Waals surface area contributed by atoms with Crippen LogP contribution in [0.4, 0.5) is 11.5 Å². The Kier molecular flexibility index (Phi) is 4.54. The molecule has 0 aliphatic carbocycles. The Balaban J connectivity index is 1.63. The van der Waals surface area contributed by atoms with Crippen molar-refractivity contribution in [1.29, 1.82) is 5.26 Å². The second kappa shape index (κ2) is 7.51. The second-order valence-corrected chi connectivity index (χ2v) is 7.61. The topological polar surface area (TPSA) is 106 Å². The third-order valence-electron chi connectivity index (χ3n) is 4.81. The molecule has 31 heavy (non-hydrogen) atoms. The number of thiophene rings is 1. The first-order valence-corrected chi connectivity index (χ1v) is 10.1. The summed E-state index contributed by atoms with van der Waals surface area (Å²) < 4.78 is 7.18. The normalized spacial score (nSPS) is 10.8. The molecule has 0 saturated heterocycles. The van der Waals surface area contributed by atoms with Gasteiger partial charge in [0, 0.05) is 5.69 Å². The van der Waals surface area contributed by atoms with E-state index in [0.29, 0.717) is 43.3 Å². The van der Waals surface area contributed by atoms with Crippen molar-refractivity contribution in [1.82, 2.24) is 19.5 Å². The second-order valence-electron chi connectivity index (χ2n) is 6.61. The van der Waals surface area contributed by atoms with E-state index in [0.717, 1.165) is 5.69 Å². The number of hydrogen-bond acceptors (Lipinski definition) is 8. The molecule has 3 aromatic heterocycles. The fourth-order valence-corrected chi connectivity index (χ4v) is 4.28. The summed E-state index contributed by atoms with van der Waals surface area (Å²) >= 11 is 1.28. The van der Waals surface area contributed by atoms with E-state index in [4.69, 9.17) is 10.00 Å². The smallest absolute Gasteiger partial charge is 0.275 e. The predicted octanol–water partition coefficient (Wildman–Crippen LogP) is 4.01. The Morgan fingerprint density at radius 1 is 1.06 bits per heavy atom. The van der Waals surface area contributed by atoms with Crippen LogP contribution in [0.25, 0.3) is 26.1 Å². The van der Waals surface area contributed by atoms with Crippen LogP contribution in [0.5, 0.6) is 5.75 Å². The highest BCUT2D eigenvalue weighted by atomic mass is 32.1. The standard InChI is InChI=1S/C22H14N6O2S/c1-30-16-8-6-15(7-9-16)28-12-26-18-17-20(27-14-4-2-13(10-23)3-5-14)24-11-25-21(17)31-19(18)22(28)29/h2-9,11-12H,1H3,(H,24,25,27). The lowest BCUT2D eigenvalue weighted by atomic mass is 10.2. The summed E-state index contributed by atoms with van der Waals surface area (Å²) in [6, 6.07) is 16.3. The van der Waals surface area contributed by atoms with Gasteiger partial charge in [-0.05, 0) is 48.5 Å². The van der Waals surface area contributed by atoms with Crippen molar-refractivity contribution in [3.63, 3.8) is 0 Å². The van der Waals surface area contributed by atoms with E-state index in [1.54, 1.807) is 55.6 Å². The number of ether oxygens (including phenoxy) is 1. The van der Waals surface area contributed by atoms with Gasteiger partial charge in [0.15, 0.2) is 0 Å². The van der Waals surface area contributed by atoms with Gasteiger partial charge in [0.25, 0.3) is 5.56 Å². The first-order valence-electron chi connectivity index (χ1n) is 9.24. The zero-order valence-corrected chi connectivity index (χ0v) is 17.1. The molecule has 9 heteroatoms. The van der Waals surface area contributed by atoms with E-state index in [1.807, 2.05) is 0 Å². The molecule has 5 aromatic rings. The molecule has 2 aromatic carbocycles. The Labute approximate surface area is 180 Å². The van der Waals surface area contributed by atoms with Gasteiger partial charge in [-0.2, -0.15) is 5.26 Å². The maximum Gasteiger partial charge on any atom is 0.275 e. The van der Waals surface area contributed by atoms with Gasteiger partial charge in [0.2, 0.25) is 0 Å². The lowest BCUT2D eigenvalue weighted by Crippen LogP contribution is -2.17. The largest absolute Gasteiger partial charge is 0.497 e. The Hall–Kier alpha value is -4.29. The first kappa shape index (κ1) is 18.7. The molecule has 0 amide bonds. The van der Waals surface area contributed by atoms with E-state index >= 15 is 0 Å². The van der Waals surface area contributed by atoms with Crippen LogP contribution in [-0.4, -0.2) is 26.6 Å². The number of rotatable bonds is 4. The fraction of sp³-hybridized carbons (Fsp3) is 0.0455. The number of methoxy groups -OCH3 is 1. The molecule has 0 aliphatic heterocycles. The number of fused-ring (bicyclic) bond motifs is 3. The molecule has 0 spiro atoms. The van der Waals surface area contributed by atoms with Crippen LogP contribution in [0, 0.1) is 11.3 Å². The third kappa shape index (κ3) is 3.25. The Morgan fingerprint density at radius 2 is 1.84 bits per heavy atom. The molecule has 0 unspecified atom stereocenters. The zero-order chi connectivity index (χ0) is 21.4. The van der Waals surface area contributed by atoms with Crippen LogP contribution >= 0.6 is 11.3 Å². The van der Waals surface area contributed by atoms with Crippen LogP contribution < -0.4 is 15.6 Å². The van der Waals surface area contributed by atoms with E-state index in [1.165, 1.54) is 28.6 Å². The minimum atomic E-state index is -0.178. The molecule has 0 fully saturated rings.